The molecule has 2 heterocycles. The molecule has 0 amide bonds. The van der Waals surface area contributed by atoms with Gasteiger partial charge in [-0.3, -0.25) is 0 Å². The van der Waals surface area contributed by atoms with E-state index in [2.05, 4.69) is 26.5 Å². The highest BCUT2D eigenvalue weighted by atomic mass is 32.2. The van der Waals surface area contributed by atoms with Crippen molar-refractivity contribution in [2.45, 2.75) is 76.6 Å². The monoisotopic (exact) mass is 533 g/mol. The zero-order valence-corrected chi connectivity index (χ0v) is 23.5. The summed E-state index contributed by atoms with van der Waals surface area (Å²) in [5, 5.41) is 0.990. The molecule has 3 aromatic rings. The van der Waals surface area contributed by atoms with E-state index in [1.54, 1.807) is 24.3 Å². The number of nitrogens with zero attached hydrogens (tertiary/aromatic N) is 1. The van der Waals surface area contributed by atoms with Gasteiger partial charge in [0, 0.05) is 30.0 Å². The minimum absolute atomic E-state index is 0.0820. The van der Waals surface area contributed by atoms with Gasteiger partial charge < -0.3 is 9.47 Å². The molecule has 38 heavy (non-hydrogen) atoms. The Kier molecular flexibility index (Phi) is 6.36. The van der Waals surface area contributed by atoms with E-state index in [0.717, 1.165) is 55.0 Å². The third-order valence-electron chi connectivity index (χ3n) is 10.3. The second-order valence-corrected chi connectivity index (χ2v) is 13.7. The molecule has 0 unspecified atom stereocenters. The van der Waals surface area contributed by atoms with Gasteiger partial charge in [-0.2, -0.15) is 0 Å². The predicted octanol–water partition coefficient (Wildman–Crippen LogP) is 6.96. The lowest BCUT2D eigenvalue weighted by atomic mass is 9.41. The molecule has 6 atom stereocenters. The van der Waals surface area contributed by atoms with Gasteiger partial charge in [0.15, 0.2) is 6.29 Å². The maximum absolute atomic E-state index is 13.7. The molecular weight excluding hydrogens is 494 g/mol. The number of hydrogen-bond acceptors (Lipinski definition) is 4. The van der Waals surface area contributed by atoms with Crippen LogP contribution >= 0.6 is 0 Å². The topological polar surface area (TPSA) is 57.5 Å². The quantitative estimate of drug-likeness (QED) is 0.321. The summed E-state index contributed by atoms with van der Waals surface area (Å²) in [5.74, 6) is 0.774. The number of para-hydroxylation sites is 1. The van der Waals surface area contributed by atoms with Gasteiger partial charge in [0.25, 0.3) is 10.0 Å². The van der Waals surface area contributed by atoms with Crippen molar-refractivity contribution < 1.29 is 17.9 Å². The molecule has 202 valence electrons. The van der Waals surface area contributed by atoms with Gasteiger partial charge in [0.05, 0.1) is 16.5 Å². The standard InChI is InChI=1S/C32H39NO4S/c1-5-36-30-20-32-27(22(2)17-18-31(32,4)23(3)15-16-29(32)37-30)19-24-21-33(28-14-10-9-13-26(24)28)38(34,35)25-11-7-6-8-12-25/h6-14,21,23,27,29-30H,2,5,15-20H2,1,3-4H3/t23-,27-,29+,30-,31+,32-/m1/s1. The Morgan fingerprint density at radius 2 is 1.84 bits per heavy atom. The number of hydrogen-bond donors (Lipinski definition) is 0. The highest BCUT2D eigenvalue weighted by Crippen LogP contribution is 2.69. The number of allylic oxidation sites excluding steroid dienone is 1. The van der Waals surface area contributed by atoms with Crippen molar-refractivity contribution in [1.82, 2.24) is 3.97 Å². The molecule has 1 saturated heterocycles. The van der Waals surface area contributed by atoms with E-state index in [4.69, 9.17) is 9.47 Å². The minimum atomic E-state index is -3.73. The van der Waals surface area contributed by atoms with Gasteiger partial charge in [-0.15, -0.1) is 0 Å². The molecule has 6 heteroatoms. The number of fused-ring (bicyclic) bond motifs is 1. The summed E-state index contributed by atoms with van der Waals surface area (Å²) in [5.41, 5.74) is 3.08. The fraction of sp³-hybridized carbons (Fsp3) is 0.500. The third-order valence-corrected chi connectivity index (χ3v) is 12.0. The maximum Gasteiger partial charge on any atom is 0.268 e. The molecule has 3 fully saturated rings. The van der Waals surface area contributed by atoms with Crippen molar-refractivity contribution in [3.05, 3.63) is 78.5 Å². The molecule has 6 rings (SSSR count). The summed E-state index contributed by atoms with van der Waals surface area (Å²) in [6.45, 7) is 12.2. The molecule has 1 spiro atoms. The Balaban J connectivity index is 1.47. The number of ether oxygens (including phenoxy) is 2. The average Bonchev–Trinajstić information content (AvgIpc) is 3.48. The van der Waals surface area contributed by atoms with Crippen molar-refractivity contribution in [1.29, 1.82) is 0 Å². The SMILES string of the molecule is C=C1CC[C@@]2(C)[C@H](C)CC[C@@H]3O[C@@H](OCC)C[C@@]32[C@@H]1Cc1cn(S(=O)(=O)c2ccccc2)c2ccccc12. The van der Waals surface area contributed by atoms with Gasteiger partial charge in [-0.05, 0) is 80.0 Å². The molecule has 1 aromatic heterocycles. The van der Waals surface area contributed by atoms with E-state index in [1.165, 1.54) is 9.55 Å². The van der Waals surface area contributed by atoms with Gasteiger partial charge >= 0.3 is 0 Å². The molecule has 2 aliphatic carbocycles. The normalized spacial score (nSPS) is 33.3. The van der Waals surface area contributed by atoms with E-state index >= 15 is 0 Å². The summed E-state index contributed by atoms with van der Waals surface area (Å²) in [6.07, 6.45) is 7.73. The maximum atomic E-state index is 13.7. The molecule has 0 radical (unpaired) electrons. The first kappa shape index (κ1) is 25.8. The van der Waals surface area contributed by atoms with E-state index in [-0.39, 0.29) is 29.1 Å². The summed E-state index contributed by atoms with van der Waals surface area (Å²) < 4.78 is 41.7. The van der Waals surface area contributed by atoms with Crippen molar-refractivity contribution in [2.75, 3.05) is 6.61 Å². The van der Waals surface area contributed by atoms with Gasteiger partial charge in [0.2, 0.25) is 0 Å². The Morgan fingerprint density at radius 3 is 2.61 bits per heavy atom. The largest absolute Gasteiger partial charge is 0.353 e. The van der Waals surface area contributed by atoms with Crippen LogP contribution in [0.5, 0.6) is 0 Å². The fourth-order valence-corrected chi connectivity index (χ4v) is 9.60. The van der Waals surface area contributed by atoms with E-state index in [1.807, 2.05) is 37.4 Å². The summed E-state index contributed by atoms with van der Waals surface area (Å²) in [6, 6.07) is 16.6. The number of benzene rings is 2. The zero-order chi connectivity index (χ0) is 26.7. The van der Waals surface area contributed by atoms with Crippen LogP contribution in [0.1, 0.15) is 58.4 Å². The molecule has 2 saturated carbocycles. The second kappa shape index (κ2) is 9.35. The molecule has 5 nitrogen and oxygen atoms in total. The fourth-order valence-electron chi connectivity index (χ4n) is 8.18. The summed E-state index contributed by atoms with van der Waals surface area (Å²) in [7, 11) is -3.73. The van der Waals surface area contributed by atoms with Crippen LogP contribution in [0.25, 0.3) is 10.9 Å². The molecule has 2 aromatic carbocycles. The summed E-state index contributed by atoms with van der Waals surface area (Å²) in [4.78, 5) is 0.297. The van der Waals surface area contributed by atoms with Crippen molar-refractivity contribution in [3.8, 4) is 0 Å². The highest BCUT2D eigenvalue weighted by Gasteiger charge is 2.67. The van der Waals surface area contributed by atoms with Crippen LogP contribution < -0.4 is 0 Å². The lowest BCUT2D eigenvalue weighted by Crippen LogP contribution is -2.59. The van der Waals surface area contributed by atoms with Crippen LogP contribution in [0.4, 0.5) is 0 Å². The van der Waals surface area contributed by atoms with Crippen molar-refractivity contribution >= 4 is 20.9 Å². The van der Waals surface area contributed by atoms with Crippen LogP contribution in [-0.4, -0.2) is 31.4 Å². The zero-order valence-electron chi connectivity index (χ0n) is 22.7. The first-order valence-electron chi connectivity index (χ1n) is 14.1. The number of rotatable bonds is 6. The van der Waals surface area contributed by atoms with Crippen LogP contribution in [0.3, 0.4) is 0 Å². The van der Waals surface area contributed by atoms with E-state index in [9.17, 15) is 8.42 Å². The Hall–Kier alpha value is -2.41. The molecule has 0 bridgehead atoms. The van der Waals surface area contributed by atoms with Gasteiger partial charge in [-0.1, -0.05) is 62.4 Å². The van der Waals surface area contributed by atoms with Crippen LogP contribution in [0.15, 0.2) is 77.8 Å². The average molecular weight is 534 g/mol. The van der Waals surface area contributed by atoms with Crippen molar-refractivity contribution in [2.24, 2.45) is 22.7 Å². The molecule has 3 aliphatic rings. The Labute approximate surface area is 226 Å². The van der Waals surface area contributed by atoms with Gasteiger partial charge in [0.1, 0.15) is 0 Å². The highest BCUT2D eigenvalue weighted by molar-refractivity contribution is 7.90. The van der Waals surface area contributed by atoms with Crippen LogP contribution in [0, 0.1) is 22.7 Å². The lowest BCUT2D eigenvalue weighted by molar-refractivity contribution is -0.167. The minimum Gasteiger partial charge on any atom is -0.353 e. The number of aromatic nitrogens is 1. The molecular formula is C32H39NO4S. The van der Waals surface area contributed by atoms with E-state index < -0.39 is 10.0 Å². The molecule has 1 aliphatic heterocycles. The molecule has 0 N–H and O–H groups in total. The van der Waals surface area contributed by atoms with Crippen LogP contribution in [-0.2, 0) is 25.9 Å². The predicted molar refractivity (Wildman–Crippen MR) is 150 cm³/mol. The van der Waals surface area contributed by atoms with Crippen molar-refractivity contribution in [3.63, 3.8) is 0 Å². The third kappa shape index (κ3) is 3.67. The van der Waals surface area contributed by atoms with Crippen LogP contribution in [0.2, 0.25) is 0 Å². The first-order valence-corrected chi connectivity index (χ1v) is 15.5. The Morgan fingerprint density at radius 1 is 1.11 bits per heavy atom. The second-order valence-electron chi connectivity index (χ2n) is 11.9. The van der Waals surface area contributed by atoms with E-state index in [0.29, 0.717) is 17.4 Å². The summed E-state index contributed by atoms with van der Waals surface area (Å²) >= 11 is 0. The Bertz CT molecular complexity index is 1460. The first-order chi connectivity index (χ1) is 18.2. The smallest absolute Gasteiger partial charge is 0.268 e. The lowest BCUT2D eigenvalue weighted by Gasteiger charge is -2.62. The van der Waals surface area contributed by atoms with Gasteiger partial charge in [-0.25, -0.2) is 12.4 Å².